The summed E-state index contributed by atoms with van der Waals surface area (Å²) in [4.78, 5) is 0. The lowest BCUT2D eigenvalue weighted by Gasteiger charge is -2.44. The minimum atomic E-state index is -0.649. The van der Waals surface area contributed by atoms with Crippen LogP contribution in [0.15, 0.2) is 60.7 Å². The molecule has 0 aromatic heterocycles. The molecule has 0 bridgehead atoms. The largest absolute Gasteiger partial charge is 0.422 e. The molecular weight excluding hydrogens is 283 g/mol. The third kappa shape index (κ3) is 2.18. The van der Waals surface area contributed by atoms with E-state index in [-0.39, 0.29) is 11.3 Å². The van der Waals surface area contributed by atoms with Crippen molar-refractivity contribution in [1.29, 1.82) is 0 Å². The lowest BCUT2D eigenvalue weighted by atomic mass is 9.64. The van der Waals surface area contributed by atoms with Gasteiger partial charge in [-0.25, -0.2) is 0 Å². The van der Waals surface area contributed by atoms with Gasteiger partial charge >= 0.3 is 0 Å². The Labute approximate surface area is 139 Å². The highest BCUT2D eigenvalue weighted by molar-refractivity contribution is 5.98. The van der Waals surface area contributed by atoms with Crippen LogP contribution < -0.4 is 0 Å². The van der Waals surface area contributed by atoms with Gasteiger partial charge in [-0.1, -0.05) is 60.7 Å². The first-order chi connectivity index (χ1) is 11.3. The average Bonchev–Trinajstić information content (AvgIpc) is 3.13. The number of rotatable bonds is 4. The van der Waals surface area contributed by atoms with Gasteiger partial charge in [-0.3, -0.25) is 0 Å². The van der Waals surface area contributed by atoms with Gasteiger partial charge in [0.15, 0.2) is 5.79 Å². The Hall–Kier alpha value is -1.58. The molecule has 3 heteroatoms. The topological polar surface area (TPSA) is 18.5 Å². The summed E-state index contributed by atoms with van der Waals surface area (Å²) in [5.74, 6) is -0.415. The average molecular weight is 304 g/mol. The second kappa shape index (κ2) is 5.81. The predicted octanol–water partition coefficient (Wildman–Crippen LogP) is 4.21. The van der Waals surface area contributed by atoms with Crippen molar-refractivity contribution in [1.82, 2.24) is 0 Å². The first-order valence-electron chi connectivity index (χ1n) is 8.43. The SMILES string of the molecule is [B]OC12CCCC1(C(c1ccccc1)c1ccccc1)CCO2. The highest BCUT2D eigenvalue weighted by Crippen LogP contribution is 2.63. The van der Waals surface area contributed by atoms with Crippen molar-refractivity contribution >= 4 is 8.05 Å². The van der Waals surface area contributed by atoms with Gasteiger partial charge < -0.3 is 9.39 Å². The Bertz CT molecular complexity index is 606. The van der Waals surface area contributed by atoms with E-state index in [1.165, 1.54) is 11.1 Å². The molecule has 2 nitrogen and oxygen atoms in total. The molecule has 4 rings (SSSR count). The van der Waals surface area contributed by atoms with Crippen LogP contribution in [0.2, 0.25) is 0 Å². The maximum Gasteiger partial charge on any atom is 0.286 e. The molecule has 2 aliphatic rings. The molecule has 1 saturated carbocycles. The Morgan fingerprint density at radius 3 is 2.04 bits per heavy atom. The Kier molecular flexibility index (Phi) is 3.78. The van der Waals surface area contributed by atoms with Crippen LogP contribution in [-0.2, 0) is 9.39 Å². The fraction of sp³-hybridized carbons (Fsp3) is 0.400. The monoisotopic (exact) mass is 304 g/mol. The molecule has 1 aliphatic heterocycles. The molecule has 1 heterocycles. The molecule has 2 aromatic rings. The summed E-state index contributed by atoms with van der Waals surface area (Å²) < 4.78 is 11.6. The van der Waals surface area contributed by atoms with Crippen LogP contribution in [0, 0.1) is 5.41 Å². The summed E-state index contributed by atoms with van der Waals surface area (Å²) >= 11 is 0. The van der Waals surface area contributed by atoms with E-state index in [1.807, 2.05) is 0 Å². The molecule has 1 saturated heterocycles. The van der Waals surface area contributed by atoms with Crippen molar-refractivity contribution in [3.8, 4) is 0 Å². The van der Waals surface area contributed by atoms with Gasteiger partial charge in [-0.15, -0.1) is 0 Å². The summed E-state index contributed by atoms with van der Waals surface area (Å²) in [6.45, 7) is 0.716. The smallest absolute Gasteiger partial charge is 0.286 e. The molecule has 116 valence electrons. The number of hydrogen-bond acceptors (Lipinski definition) is 2. The van der Waals surface area contributed by atoms with Gasteiger partial charge in [0.05, 0.1) is 6.61 Å². The van der Waals surface area contributed by atoms with Crippen molar-refractivity contribution in [2.24, 2.45) is 5.41 Å². The number of fused-ring (bicyclic) bond motifs is 1. The Morgan fingerprint density at radius 1 is 0.870 bits per heavy atom. The minimum absolute atomic E-state index is 0.0928. The van der Waals surface area contributed by atoms with E-state index in [2.05, 4.69) is 60.7 Å². The number of hydrogen-bond donors (Lipinski definition) is 0. The molecule has 0 spiro atoms. The lowest BCUT2D eigenvalue weighted by Crippen LogP contribution is -2.46. The summed E-state index contributed by atoms with van der Waals surface area (Å²) in [5.41, 5.74) is 2.53. The molecular formula is C20H21BO2. The van der Waals surface area contributed by atoms with Crippen molar-refractivity contribution in [3.63, 3.8) is 0 Å². The Morgan fingerprint density at radius 2 is 1.48 bits per heavy atom. The van der Waals surface area contributed by atoms with Crippen LogP contribution in [0.1, 0.15) is 42.7 Å². The standard InChI is InChI=1S/C20H21BO2/c21-23-20-13-7-12-19(20,14-15-22-20)18(16-8-3-1-4-9-16)17-10-5-2-6-11-17/h1-6,8-11,18H,7,12-15H2. The van der Waals surface area contributed by atoms with Gasteiger partial charge in [-0.2, -0.15) is 0 Å². The molecule has 2 aromatic carbocycles. The normalized spacial score (nSPS) is 29.8. The first kappa shape index (κ1) is 15.0. The fourth-order valence-corrected chi connectivity index (χ4v) is 4.85. The third-order valence-electron chi connectivity index (χ3n) is 5.78. The van der Waals surface area contributed by atoms with Gasteiger partial charge in [0, 0.05) is 17.8 Å². The van der Waals surface area contributed by atoms with E-state index >= 15 is 0 Å². The van der Waals surface area contributed by atoms with Crippen LogP contribution in [0.5, 0.6) is 0 Å². The van der Waals surface area contributed by atoms with E-state index in [0.717, 1.165) is 25.7 Å². The van der Waals surface area contributed by atoms with Crippen molar-refractivity contribution in [3.05, 3.63) is 71.8 Å². The molecule has 23 heavy (non-hydrogen) atoms. The zero-order chi connectivity index (χ0) is 15.8. The lowest BCUT2D eigenvalue weighted by molar-refractivity contribution is -0.193. The highest BCUT2D eigenvalue weighted by atomic mass is 16.7. The van der Waals surface area contributed by atoms with Crippen molar-refractivity contribution < 1.29 is 9.39 Å². The molecule has 2 unspecified atom stereocenters. The summed E-state index contributed by atoms with van der Waals surface area (Å²) in [7, 11) is 5.76. The molecule has 0 N–H and O–H groups in total. The van der Waals surface area contributed by atoms with Crippen molar-refractivity contribution in [2.45, 2.75) is 37.4 Å². The van der Waals surface area contributed by atoms with E-state index < -0.39 is 5.79 Å². The van der Waals surface area contributed by atoms with Crippen LogP contribution in [-0.4, -0.2) is 20.4 Å². The second-order valence-corrected chi connectivity index (χ2v) is 6.73. The fourth-order valence-electron chi connectivity index (χ4n) is 4.85. The van der Waals surface area contributed by atoms with Crippen LogP contribution in [0.25, 0.3) is 0 Å². The molecule has 2 radical (unpaired) electrons. The number of ether oxygens (including phenoxy) is 1. The zero-order valence-electron chi connectivity index (χ0n) is 13.3. The molecule has 2 atom stereocenters. The maximum absolute atomic E-state index is 6.09. The van der Waals surface area contributed by atoms with E-state index in [4.69, 9.17) is 17.4 Å². The summed E-state index contributed by atoms with van der Waals surface area (Å²) in [6.07, 6.45) is 4.03. The Balaban J connectivity index is 1.89. The van der Waals surface area contributed by atoms with Crippen LogP contribution in [0.4, 0.5) is 0 Å². The second-order valence-electron chi connectivity index (χ2n) is 6.73. The van der Waals surface area contributed by atoms with E-state index in [9.17, 15) is 0 Å². The van der Waals surface area contributed by atoms with Crippen molar-refractivity contribution in [2.75, 3.05) is 6.61 Å². The van der Waals surface area contributed by atoms with Crippen LogP contribution >= 0.6 is 0 Å². The third-order valence-corrected chi connectivity index (χ3v) is 5.78. The van der Waals surface area contributed by atoms with E-state index in [1.54, 1.807) is 0 Å². The van der Waals surface area contributed by atoms with Crippen LogP contribution in [0.3, 0.4) is 0 Å². The highest BCUT2D eigenvalue weighted by Gasteiger charge is 2.63. The quantitative estimate of drug-likeness (QED) is 0.788. The van der Waals surface area contributed by atoms with Gasteiger partial charge in [0.2, 0.25) is 0 Å². The molecule has 0 amide bonds. The first-order valence-corrected chi connectivity index (χ1v) is 8.43. The molecule has 2 fully saturated rings. The zero-order valence-corrected chi connectivity index (χ0v) is 13.3. The maximum atomic E-state index is 6.09. The van der Waals surface area contributed by atoms with Gasteiger partial charge in [0.25, 0.3) is 8.05 Å². The summed E-state index contributed by atoms with van der Waals surface area (Å²) in [6, 6.07) is 21.4. The van der Waals surface area contributed by atoms with Gasteiger partial charge in [-0.05, 0) is 30.4 Å². The van der Waals surface area contributed by atoms with Gasteiger partial charge in [0.1, 0.15) is 0 Å². The van der Waals surface area contributed by atoms with E-state index in [0.29, 0.717) is 6.61 Å². The predicted molar refractivity (Wildman–Crippen MR) is 91.2 cm³/mol. The minimum Gasteiger partial charge on any atom is -0.422 e. The molecule has 1 aliphatic carbocycles. The summed E-state index contributed by atoms with van der Waals surface area (Å²) in [5, 5.41) is 0. The number of benzene rings is 2.